The third-order valence-electron chi connectivity index (χ3n) is 3.20. The van der Waals surface area contributed by atoms with E-state index < -0.39 is 0 Å². The van der Waals surface area contributed by atoms with Gasteiger partial charge in [0, 0.05) is 31.9 Å². The fraction of sp³-hybridized carbons (Fsp3) is 0.769. The molecule has 0 saturated carbocycles. The van der Waals surface area contributed by atoms with Gasteiger partial charge in [-0.2, -0.15) is 5.10 Å². The highest BCUT2D eigenvalue weighted by atomic mass is 15.3. The van der Waals surface area contributed by atoms with E-state index >= 15 is 0 Å². The smallest absolute Gasteiger partial charge is 0.0666 e. The minimum Gasteiger partial charge on any atom is -0.312 e. The molecule has 0 aliphatic carbocycles. The molecule has 16 heavy (non-hydrogen) atoms. The minimum absolute atomic E-state index is 0.384. The molecule has 92 valence electrons. The predicted octanol–water partition coefficient (Wildman–Crippen LogP) is 2.51. The van der Waals surface area contributed by atoms with Gasteiger partial charge in [-0.1, -0.05) is 27.7 Å². The largest absolute Gasteiger partial charge is 0.312 e. The van der Waals surface area contributed by atoms with Crippen LogP contribution in [-0.4, -0.2) is 16.3 Å². The molecule has 0 bridgehead atoms. The Balaban J connectivity index is 2.48. The van der Waals surface area contributed by atoms with Crippen LogP contribution >= 0.6 is 0 Å². The van der Waals surface area contributed by atoms with E-state index in [2.05, 4.69) is 44.3 Å². The monoisotopic (exact) mass is 223 g/mol. The molecule has 3 nitrogen and oxygen atoms in total. The second kappa shape index (κ2) is 5.48. The summed E-state index contributed by atoms with van der Waals surface area (Å²) in [6, 6.07) is 0. The molecule has 1 rings (SSSR count). The van der Waals surface area contributed by atoms with E-state index in [4.69, 9.17) is 0 Å². The van der Waals surface area contributed by atoms with Crippen LogP contribution in [0.15, 0.2) is 6.20 Å². The maximum Gasteiger partial charge on any atom is 0.0666 e. The molecule has 1 aromatic rings. The lowest BCUT2D eigenvalue weighted by Crippen LogP contribution is -2.28. The zero-order valence-corrected chi connectivity index (χ0v) is 11.3. The summed E-state index contributed by atoms with van der Waals surface area (Å²) in [6.07, 6.45) is 4.33. The van der Waals surface area contributed by atoms with Gasteiger partial charge in [-0.3, -0.25) is 4.68 Å². The van der Waals surface area contributed by atoms with E-state index in [-0.39, 0.29) is 0 Å². The molecule has 1 heterocycles. The summed E-state index contributed by atoms with van der Waals surface area (Å²) in [6.45, 7) is 11.0. The number of aromatic nitrogens is 2. The molecule has 1 aromatic heterocycles. The zero-order chi connectivity index (χ0) is 12.2. The second-order valence-electron chi connectivity index (χ2n) is 5.25. The van der Waals surface area contributed by atoms with Crippen LogP contribution < -0.4 is 5.32 Å². The predicted molar refractivity (Wildman–Crippen MR) is 68.4 cm³/mol. The Morgan fingerprint density at radius 3 is 2.62 bits per heavy atom. The Morgan fingerprint density at radius 2 is 2.06 bits per heavy atom. The summed E-state index contributed by atoms with van der Waals surface area (Å²) in [7, 11) is 1.98. The van der Waals surface area contributed by atoms with Gasteiger partial charge in [0.1, 0.15) is 0 Å². The van der Waals surface area contributed by atoms with Crippen LogP contribution in [0.25, 0.3) is 0 Å². The quantitative estimate of drug-likeness (QED) is 0.803. The van der Waals surface area contributed by atoms with Crippen LogP contribution in [0.2, 0.25) is 0 Å². The SMILES string of the molecule is CCc1nn(C)cc1CNCC(C)(C)CC. The topological polar surface area (TPSA) is 29.9 Å². The zero-order valence-electron chi connectivity index (χ0n) is 11.3. The Hall–Kier alpha value is -0.830. The number of nitrogens with zero attached hydrogens (tertiary/aromatic N) is 2. The van der Waals surface area contributed by atoms with E-state index in [1.165, 1.54) is 17.7 Å². The first kappa shape index (κ1) is 13.2. The molecule has 0 spiro atoms. The fourth-order valence-corrected chi connectivity index (χ4v) is 1.69. The van der Waals surface area contributed by atoms with Gasteiger partial charge in [0.15, 0.2) is 0 Å². The Bertz CT molecular complexity index is 326. The van der Waals surface area contributed by atoms with Gasteiger partial charge in [-0.15, -0.1) is 0 Å². The summed E-state index contributed by atoms with van der Waals surface area (Å²) in [5.41, 5.74) is 2.93. The van der Waals surface area contributed by atoms with E-state index in [1.807, 2.05) is 11.7 Å². The minimum atomic E-state index is 0.384. The molecule has 0 unspecified atom stereocenters. The van der Waals surface area contributed by atoms with E-state index in [9.17, 15) is 0 Å². The van der Waals surface area contributed by atoms with E-state index in [0.29, 0.717) is 5.41 Å². The number of aryl methyl sites for hydroxylation is 2. The van der Waals surface area contributed by atoms with Crippen molar-refractivity contribution in [3.8, 4) is 0 Å². The summed E-state index contributed by atoms with van der Waals surface area (Å²) in [4.78, 5) is 0. The molecule has 0 fully saturated rings. The summed E-state index contributed by atoms with van der Waals surface area (Å²) in [5.74, 6) is 0. The normalized spacial score (nSPS) is 12.1. The highest BCUT2D eigenvalue weighted by molar-refractivity contribution is 5.16. The van der Waals surface area contributed by atoms with Crippen LogP contribution in [0.5, 0.6) is 0 Å². The first-order chi connectivity index (χ1) is 7.48. The van der Waals surface area contributed by atoms with Gasteiger partial charge < -0.3 is 5.32 Å². The Labute approximate surface area is 99.2 Å². The molecule has 0 amide bonds. The van der Waals surface area contributed by atoms with Gasteiger partial charge in [-0.05, 0) is 18.3 Å². The average Bonchev–Trinajstić information content (AvgIpc) is 2.59. The molecule has 0 radical (unpaired) electrons. The van der Waals surface area contributed by atoms with Crippen LogP contribution in [0.1, 0.15) is 45.4 Å². The first-order valence-electron chi connectivity index (χ1n) is 6.20. The van der Waals surface area contributed by atoms with Gasteiger partial charge in [0.2, 0.25) is 0 Å². The molecular weight excluding hydrogens is 198 g/mol. The molecule has 3 heteroatoms. The lowest BCUT2D eigenvalue weighted by atomic mass is 9.90. The summed E-state index contributed by atoms with van der Waals surface area (Å²) >= 11 is 0. The summed E-state index contributed by atoms with van der Waals surface area (Å²) in [5, 5.41) is 7.97. The first-order valence-corrected chi connectivity index (χ1v) is 6.20. The fourth-order valence-electron chi connectivity index (χ4n) is 1.69. The molecule has 1 N–H and O–H groups in total. The molecule has 0 atom stereocenters. The van der Waals surface area contributed by atoms with E-state index in [1.54, 1.807) is 0 Å². The lowest BCUT2D eigenvalue weighted by molar-refractivity contribution is 0.327. The molecule has 0 saturated heterocycles. The van der Waals surface area contributed by atoms with Gasteiger partial charge in [0.05, 0.1) is 5.69 Å². The van der Waals surface area contributed by atoms with Crippen LogP contribution in [-0.2, 0) is 20.0 Å². The number of rotatable bonds is 6. The van der Waals surface area contributed by atoms with Crippen molar-refractivity contribution in [2.45, 2.75) is 47.1 Å². The molecule has 0 aromatic carbocycles. The van der Waals surface area contributed by atoms with Crippen molar-refractivity contribution in [3.63, 3.8) is 0 Å². The van der Waals surface area contributed by atoms with Crippen LogP contribution in [0, 0.1) is 5.41 Å². The third kappa shape index (κ3) is 3.63. The van der Waals surface area contributed by atoms with Gasteiger partial charge >= 0.3 is 0 Å². The third-order valence-corrected chi connectivity index (χ3v) is 3.20. The molecule has 0 aliphatic heterocycles. The van der Waals surface area contributed by atoms with Crippen molar-refractivity contribution >= 4 is 0 Å². The van der Waals surface area contributed by atoms with Crippen molar-refractivity contribution in [1.29, 1.82) is 0 Å². The maximum atomic E-state index is 4.44. The standard InChI is InChI=1S/C13H25N3/c1-6-12-11(9-16(5)15-12)8-14-10-13(3,4)7-2/h9,14H,6-8,10H2,1-5H3. The second-order valence-corrected chi connectivity index (χ2v) is 5.25. The van der Waals surface area contributed by atoms with Gasteiger partial charge in [0.25, 0.3) is 0 Å². The summed E-state index contributed by atoms with van der Waals surface area (Å²) < 4.78 is 1.90. The lowest BCUT2D eigenvalue weighted by Gasteiger charge is -2.22. The molecule has 0 aliphatic rings. The number of hydrogen-bond donors (Lipinski definition) is 1. The average molecular weight is 223 g/mol. The van der Waals surface area contributed by atoms with Crippen molar-refractivity contribution in [1.82, 2.24) is 15.1 Å². The van der Waals surface area contributed by atoms with Gasteiger partial charge in [-0.25, -0.2) is 0 Å². The number of nitrogens with one attached hydrogen (secondary N) is 1. The molecular formula is C13H25N3. The highest BCUT2D eigenvalue weighted by Crippen LogP contribution is 2.18. The van der Waals surface area contributed by atoms with Crippen molar-refractivity contribution in [2.75, 3.05) is 6.54 Å². The Morgan fingerprint density at radius 1 is 1.38 bits per heavy atom. The van der Waals surface area contributed by atoms with Crippen LogP contribution in [0.4, 0.5) is 0 Å². The highest BCUT2D eigenvalue weighted by Gasteiger charge is 2.14. The van der Waals surface area contributed by atoms with Crippen molar-refractivity contribution in [3.05, 3.63) is 17.5 Å². The van der Waals surface area contributed by atoms with Crippen molar-refractivity contribution < 1.29 is 0 Å². The van der Waals surface area contributed by atoms with Crippen LogP contribution in [0.3, 0.4) is 0 Å². The number of hydrogen-bond acceptors (Lipinski definition) is 2. The maximum absolute atomic E-state index is 4.44. The Kier molecular flexibility index (Phi) is 4.54. The van der Waals surface area contributed by atoms with Crippen molar-refractivity contribution in [2.24, 2.45) is 12.5 Å². The van der Waals surface area contributed by atoms with E-state index in [0.717, 1.165) is 19.5 Å².